The summed E-state index contributed by atoms with van der Waals surface area (Å²) in [7, 11) is 0. The van der Waals surface area contributed by atoms with Crippen LogP contribution >= 0.6 is 0 Å². The second-order valence-corrected chi connectivity index (χ2v) is 3.70. The maximum atomic E-state index is 13.4. The van der Waals surface area contributed by atoms with Crippen molar-refractivity contribution in [1.29, 1.82) is 0 Å². The van der Waals surface area contributed by atoms with Gasteiger partial charge < -0.3 is 4.42 Å². The van der Waals surface area contributed by atoms with Crippen LogP contribution in [-0.2, 0) is 0 Å². The van der Waals surface area contributed by atoms with Gasteiger partial charge >= 0.3 is 0 Å². The van der Waals surface area contributed by atoms with Crippen molar-refractivity contribution >= 4 is 0 Å². The van der Waals surface area contributed by atoms with Crippen LogP contribution in [0, 0.1) is 11.6 Å². The molecule has 16 heavy (non-hydrogen) atoms. The zero-order chi connectivity index (χ0) is 11.7. The highest BCUT2D eigenvalue weighted by Crippen LogP contribution is 2.26. The molecule has 0 saturated heterocycles. The fourth-order valence-corrected chi connectivity index (χ4v) is 1.27. The zero-order valence-electron chi connectivity index (χ0n) is 8.87. The van der Waals surface area contributed by atoms with Crippen LogP contribution in [-0.4, -0.2) is 10.2 Å². The van der Waals surface area contributed by atoms with E-state index in [0.717, 1.165) is 12.1 Å². The van der Waals surface area contributed by atoms with Crippen LogP contribution in [0.3, 0.4) is 0 Å². The van der Waals surface area contributed by atoms with Gasteiger partial charge in [-0.15, -0.1) is 10.2 Å². The fourth-order valence-electron chi connectivity index (χ4n) is 1.27. The smallest absolute Gasteiger partial charge is 0.253 e. The highest BCUT2D eigenvalue weighted by molar-refractivity contribution is 5.54. The Labute approximate surface area is 91.1 Å². The van der Waals surface area contributed by atoms with Gasteiger partial charge in [0.25, 0.3) is 5.89 Å². The molecule has 0 N–H and O–H groups in total. The molecular formula is C11H10F2N2O. The van der Waals surface area contributed by atoms with E-state index in [0.29, 0.717) is 5.89 Å². The van der Waals surface area contributed by atoms with Crippen molar-refractivity contribution in [2.24, 2.45) is 0 Å². The number of rotatable bonds is 2. The lowest BCUT2D eigenvalue weighted by molar-refractivity contribution is 0.473. The van der Waals surface area contributed by atoms with E-state index in [1.807, 2.05) is 13.8 Å². The predicted molar refractivity (Wildman–Crippen MR) is 53.7 cm³/mol. The maximum absolute atomic E-state index is 13.4. The second-order valence-electron chi connectivity index (χ2n) is 3.70. The third-order valence-corrected chi connectivity index (χ3v) is 2.11. The van der Waals surface area contributed by atoms with Gasteiger partial charge in [-0.2, -0.15) is 0 Å². The number of benzene rings is 1. The monoisotopic (exact) mass is 224 g/mol. The second kappa shape index (κ2) is 4.00. The van der Waals surface area contributed by atoms with E-state index in [1.165, 1.54) is 6.07 Å². The lowest BCUT2D eigenvalue weighted by Gasteiger charge is -1.99. The predicted octanol–water partition coefficient (Wildman–Crippen LogP) is 3.14. The highest BCUT2D eigenvalue weighted by atomic mass is 19.1. The molecule has 0 saturated carbocycles. The highest BCUT2D eigenvalue weighted by Gasteiger charge is 2.18. The minimum Gasteiger partial charge on any atom is -0.420 e. The average Bonchev–Trinajstić information content (AvgIpc) is 2.66. The lowest BCUT2D eigenvalue weighted by atomic mass is 10.2. The van der Waals surface area contributed by atoms with Gasteiger partial charge in [0.2, 0.25) is 5.89 Å². The standard InChI is InChI=1S/C11H10F2N2O/c1-6(2)10-14-15-11(16-10)9-7(12)4-3-5-8(9)13/h3-6H,1-2H3. The molecule has 0 spiro atoms. The van der Waals surface area contributed by atoms with Gasteiger partial charge in [-0.3, -0.25) is 0 Å². The van der Waals surface area contributed by atoms with Crippen molar-refractivity contribution in [3.05, 3.63) is 35.7 Å². The van der Waals surface area contributed by atoms with Gasteiger partial charge in [-0.1, -0.05) is 19.9 Å². The molecule has 1 aromatic carbocycles. The van der Waals surface area contributed by atoms with Gasteiger partial charge in [0.15, 0.2) is 0 Å². The summed E-state index contributed by atoms with van der Waals surface area (Å²) < 4.78 is 31.9. The Kier molecular flexibility index (Phi) is 2.68. The molecule has 0 aliphatic rings. The van der Waals surface area contributed by atoms with Gasteiger partial charge in [-0.05, 0) is 12.1 Å². The van der Waals surface area contributed by atoms with E-state index >= 15 is 0 Å². The number of hydrogen-bond acceptors (Lipinski definition) is 3. The first-order chi connectivity index (χ1) is 7.59. The topological polar surface area (TPSA) is 38.9 Å². The van der Waals surface area contributed by atoms with Crippen LogP contribution in [0.15, 0.2) is 22.6 Å². The Morgan fingerprint density at radius 3 is 2.25 bits per heavy atom. The first-order valence-corrected chi connectivity index (χ1v) is 4.87. The third kappa shape index (κ3) is 1.80. The summed E-state index contributed by atoms with van der Waals surface area (Å²) in [5, 5.41) is 7.36. The van der Waals surface area contributed by atoms with Gasteiger partial charge in [-0.25, -0.2) is 8.78 Å². The summed E-state index contributed by atoms with van der Waals surface area (Å²) >= 11 is 0. The van der Waals surface area contributed by atoms with Crippen molar-refractivity contribution in [1.82, 2.24) is 10.2 Å². The minimum absolute atomic E-state index is 0.0242. The molecule has 0 radical (unpaired) electrons. The Bertz CT molecular complexity index is 488. The molecule has 2 aromatic rings. The van der Waals surface area contributed by atoms with E-state index in [4.69, 9.17) is 4.42 Å². The van der Waals surface area contributed by atoms with Crippen molar-refractivity contribution < 1.29 is 13.2 Å². The molecular weight excluding hydrogens is 214 g/mol. The molecule has 0 amide bonds. The number of hydrogen-bond donors (Lipinski definition) is 0. The molecule has 0 aliphatic heterocycles. The molecule has 5 heteroatoms. The maximum Gasteiger partial charge on any atom is 0.253 e. The summed E-state index contributed by atoms with van der Waals surface area (Å²) in [6.45, 7) is 3.71. The fraction of sp³-hybridized carbons (Fsp3) is 0.273. The molecule has 0 aliphatic carbocycles. The van der Waals surface area contributed by atoms with Crippen LogP contribution in [0.5, 0.6) is 0 Å². The van der Waals surface area contributed by atoms with Crippen molar-refractivity contribution in [2.45, 2.75) is 19.8 Å². The van der Waals surface area contributed by atoms with Crippen LogP contribution in [0.1, 0.15) is 25.7 Å². The lowest BCUT2D eigenvalue weighted by Crippen LogP contribution is -1.89. The Hall–Kier alpha value is -1.78. The summed E-state index contributed by atoms with van der Waals surface area (Å²) in [4.78, 5) is 0. The van der Waals surface area contributed by atoms with E-state index < -0.39 is 11.6 Å². The Morgan fingerprint density at radius 2 is 1.75 bits per heavy atom. The molecule has 0 fully saturated rings. The van der Waals surface area contributed by atoms with Crippen LogP contribution in [0.2, 0.25) is 0 Å². The SMILES string of the molecule is CC(C)c1nnc(-c2c(F)cccc2F)o1. The summed E-state index contributed by atoms with van der Waals surface area (Å²) in [5.41, 5.74) is -0.276. The van der Waals surface area contributed by atoms with E-state index in [2.05, 4.69) is 10.2 Å². The molecule has 0 unspecified atom stereocenters. The molecule has 0 bridgehead atoms. The first kappa shape index (κ1) is 10.7. The molecule has 3 nitrogen and oxygen atoms in total. The van der Waals surface area contributed by atoms with Gasteiger partial charge in [0, 0.05) is 5.92 Å². The molecule has 1 heterocycles. The van der Waals surface area contributed by atoms with Crippen LogP contribution in [0.25, 0.3) is 11.5 Å². The van der Waals surface area contributed by atoms with Crippen LogP contribution < -0.4 is 0 Å². The van der Waals surface area contributed by atoms with Crippen molar-refractivity contribution in [2.75, 3.05) is 0 Å². The van der Waals surface area contributed by atoms with Gasteiger partial charge in [0.1, 0.15) is 17.2 Å². The minimum atomic E-state index is -0.709. The molecule has 84 valence electrons. The average molecular weight is 224 g/mol. The summed E-state index contributed by atoms with van der Waals surface area (Å²) in [6, 6.07) is 3.59. The summed E-state index contributed by atoms with van der Waals surface area (Å²) in [6.07, 6.45) is 0. The van der Waals surface area contributed by atoms with Gasteiger partial charge in [0.05, 0.1) is 0 Å². The molecule has 0 atom stereocenters. The number of aromatic nitrogens is 2. The third-order valence-electron chi connectivity index (χ3n) is 2.11. The zero-order valence-corrected chi connectivity index (χ0v) is 8.87. The van der Waals surface area contributed by atoms with E-state index in [1.54, 1.807) is 0 Å². The van der Waals surface area contributed by atoms with Crippen LogP contribution in [0.4, 0.5) is 8.78 Å². The van der Waals surface area contributed by atoms with Crippen molar-refractivity contribution in [3.8, 4) is 11.5 Å². The Balaban J connectivity index is 2.50. The number of halogens is 2. The summed E-state index contributed by atoms with van der Waals surface area (Å²) in [5.74, 6) is -1.16. The largest absolute Gasteiger partial charge is 0.420 e. The van der Waals surface area contributed by atoms with Crippen molar-refractivity contribution in [3.63, 3.8) is 0 Å². The normalized spacial score (nSPS) is 11.1. The molecule has 1 aromatic heterocycles. The van der Waals surface area contributed by atoms with E-state index in [9.17, 15) is 8.78 Å². The Morgan fingerprint density at radius 1 is 1.12 bits per heavy atom. The van der Waals surface area contributed by atoms with E-state index in [-0.39, 0.29) is 17.4 Å². The molecule has 2 rings (SSSR count). The first-order valence-electron chi connectivity index (χ1n) is 4.87. The quantitative estimate of drug-likeness (QED) is 0.786. The number of nitrogens with zero attached hydrogens (tertiary/aromatic N) is 2.